The summed E-state index contributed by atoms with van der Waals surface area (Å²) in [6, 6.07) is 5.86. The molecule has 0 atom stereocenters. The summed E-state index contributed by atoms with van der Waals surface area (Å²) in [6.07, 6.45) is 3.56. The molecule has 16 heavy (non-hydrogen) atoms. The summed E-state index contributed by atoms with van der Waals surface area (Å²) in [6.45, 7) is 0. The Bertz CT molecular complexity index is 405. The second-order valence-corrected chi connectivity index (χ2v) is 3.40. The first kappa shape index (κ1) is 12.5. The molecule has 86 valence electrons. The van der Waals surface area contributed by atoms with E-state index in [-0.39, 0.29) is 0 Å². The molecular formula is C9H9BF4N2. The maximum atomic E-state index is 9.75. The third-order valence-electron chi connectivity index (χ3n) is 2.20. The van der Waals surface area contributed by atoms with Gasteiger partial charge in [-0.2, -0.15) is 0 Å². The lowest BCUT2D eigenvalue weighted by Crippen LogP contribution is -2.02. The summed E-state index contributed by atoms with van der Waals surface area (Å²) in [4.78, 5) is 3.15. The first-order valence-corrected chi connectivity index (χ1v) is 4.74. The first-order valence-electron chi connectivity index (χ1n) is 4.74. The highest BCUT2D eigenvalue weighted by Crippen LogP contribution is 2.25. The lowest BCUT2D eigenvalue weighted by molar-refractivity contribution is 0.368. The minimum atomic E-state index is -6.00. The fourth-order valence-corrected chi connectivity index (χ4v) is 1.62. The number of hydrogen-bond acceptors (Lipinski definition) is 1. The van der Waals surface area contributed by atoms with E-state index in [1.54, 1.807) is 0 Å². The van der Waals surface area contributed by atoms with Crippen LogP contribution in [0.25, 0.3) is 4.98 Å². The van der Waals surface area contributed by atoms with Gasteiger partial charge in [-0.1, -0.05) is 6.07 Å². The molecule has 0 saturated carbocycles. The number of hydrogen-bond donors (Lipinski definition) is 0. The highest BCUT2D eigenvalue weighted by Gasteiger charge is 2.20. The van der Waals surface area contributed by atoms with Gasteiger partial charge in [-0.3, -0.25) is 0 Å². The lowest BCUT2D eigenvalue weighted by atomic mass is 10.1. The molecular weight excluding hydrogens is 223 g/mol. The zero-order chi connectivity index (χ0) is 12.2. The average Bonchev–Trinajstić information content (AvgIpc) is 2.61. The average molecular weight is 232 g/mol. The van der Waals surface area contributed by atoms with Crippen molar-refractivity contribution in [2.45, 2.75) is 19.3 Å². The molecule has 0 aromatic heterocycles. The van der Waals surface area contributed by atoms with Crippen molar-refractivity contribution >= 4 is 12.9 Å². The van der Waals surface area contributed by atoms with E-state index in [2.05, 4.69) is 11.0 Å². The van der Waals surface area contributed by atoms with Gasteiger partial charge in [0.15, 0.2) is 4.98 Å². The number of benzene rings is 1. The van der Waals surface area contributed by atoms with E-state index < -0.39 is 7.25 Å². The van der Waals surface area contributed by atoms with Gasteiger partial charge in [-0.15, -0.1) is 0 Å². The summed E-state index contributed by atoms with van der Waals surface area (Å²) in [7, 11) is -6.00. The normalized spacial score (nSPS) is 13.4. The molecule has 7 heteroatoms. The van der Waals surface area contributed by atoms with Gasteiger partial charge in [-0.05, 0) is 30.4 Å². The van der Waals surface area contributed by atoms with Crippen LogP contribution >= 0.6 is 0 Å². The van der Waals surface area contributed by atoms with Gasteiger partial charge >= 0.3 is 12.9 Å². The number of fused-ring (bicyclic) bond motifs is 1. The molecule has 1 aliphatic carbocycles. The molecule has 2 nitrogen and oxygen atoms in total. The maximum absolute atomic E-state index is 9.75. The maximum Gasteiger partial charge on any atom is 0.673 e. The second-order valence-electron chi connectivity index (χ2n) is 3.40. The summed E-state index contributed by atoms with van der Waals surface area (Å²) < 4.78 is 39.0. The van der Waals surface area contributed by atoms with E-state index in [1.807, 2.05) is 12.1 Å². The SMILES string of the molecule is F[B-](F)(F)F.N#[N+]c1ccc2c(c1)CCC2. The van der Waals surface area contributed by atoms with Gasteiger partial charge in [-0.25, -0.2) is 0 Å². The van der Waals surface area contributed by atoms with Gasteiger partial charge < -0.3 is 17.3 Å². The summed E-state index contributed by atoms with van der Waals surface area (Å²) in [5.41, 5.74) is 3.43. The van der Waals surface area contributed by atoms with E-state index in [0.29, 0.717) is 5.69 Å². The van der Waals surface area contributed by atoms with Crippen LogP contribution in [0.15, 0.2) is 18.2 Å². The molecule has 0 radical (unpaired) electrons. The van der Waals surface area contributed by atoms with Crippen molar-refractivity contribution in [2.75, 3.05) is 0 Å². The van der Waals surface area contributed by atoms with E-state index >= 15 is 0 Å². The first-order chi connectivity index (χ1) is 7.40. The van der Waals surface area contributed by atoms with Gasteiger partial charge in [0, 0.05) is 12.1 Å². The Kier molecular flexibility index (Phi) is 3.88. The Labute approximate surface area is 90.0 Å². The van der Waals surface area contributed by atoms with Crippen LogP contribution in [-0.2, 0) is 12.8 Å². The fourth-order valence-electron chi connectivity index (χ4n) is 1.62. The van der Waals surface area contributed by atoms with Gasteiger partial charge in [0.2, 0.25) is 5.39 Å². The summed E-state index contributed by atoms with van der Waals surface area (Å²) in [5, 5.41) is 8.49. The van der Waals surface area contributed by atoms with Crippen molar-refractivity contribution in [3.05, 3.63) is 34.3 Å². The third kappa shape index (κ3) is 4.30. The predicted octanol–water partition coefficient (Wildman–Crippen LogP) is 3.96. The van der Waals surface area contributed by atoms with Crippen molar-refractivity contribution in [2.24, 2.45) is 0 Å². The van der Waals surface area contributed by atoms with E-state index in [9.17, 15) is 17.3 Å². The highest BCUT2D eigenvalue weighted by molar-refractivity contribution is 6.50. The Balaban J connectivity index is 0.000000221. The standard InChI is InChI=1S/C9H9N2.BF4/c10-11-9-5-4-7-2-1-3-8(7)6-9;2-1(3,4)5/h4-6H,1-3H2;/q+1;-1. The highest BCUT2D eigenvalue weighted by atomic mass is 19.5. The Hall–Kier alpha value is -1.58. The molecule has 1 aromatic rings. The number of rotatable bonds is 0. The van der Waals surface area contributed by atoms with Crippen LogP contribution in [0.4, 0.5) is 23.0 Å². The quantitative estimate of drug-likeness (QED) is 0.378. The topological polar surface area (TPSA) is 28.1 Å². The van der Waals surface area contributed by atoms with Crippen molar-refractivity contribution in [3.8, 4) is 0 Å². The minimum absolute atomic E-state index is 0.672. The van der Waals surface area contributed by atoms with Crippen LogP contribution in [0.2, 0.25) is 0 Å². The van der Waals surface area contributed by atoms with Crippen LogP contribution < -0.4 is 0 Å². The predicted molar refractivity (Wildman–Crippen MR) is 53.4 cm³/mol. The Morgan fingerprint density at radius 3 is 2.19 bits per heavy atom. The van der Waals surface area contributed by atoms with Crippen LogP contribution in [0.5, 0.6) is 0 Å². The molecule has 0 heterocycles. The number of aryl methyl sites for hydroxylation is 2. The Morgan fingerprint density at radius 1 is 1.06 bits per heavy atom. The van der Waals surface area contributed by atoms with Crippen LogP contribution in [0.3, 0.4) is 0 Å². The van der Waals surface area contributed by atoms with Gasteiger partial charge in [0.1, 0.15) is 0 Å². The molecule has 1 aliphatic rings. The largest absolute Gasteiger partial charge is 0.673 e. The van der Waals surface area contributed by atoms with Crippen LogP contribution in [0, 0.1) is 5.39 Å². The molecule has 0 saturated heterocycles. The smallest absolute Gasteiger partial charge is 0.418 e. The zero-order valence-corrected chi connectivity index (χ0v) is 8.34. The van der Waals surface area contributed by atoms with E-state index in [0.717, 1.165) is 6.42 Å². The number of nitrogens with zero attached hydrogens (tertiary/aromatic N) is 2. The number of halogens is 4. The molecule has 0 N–H and O–H groups in total. The molecule has 0 unspecified atom stereocenters. The molecule has 2 rings (SSSR count). The minimum Gasteiger partial charge on any atom is -0.418 e. The van der Waals surface area contributed by atoms with Crippen molar-refractivity contribution in [1.29, 1.82) is 5.39 Å². The third-order valence-corrected chi connectivity index (χ3v) is 2.20. The molecule has 0 bridgehead atoms. The zero-order valence-electron chi connectivity index (χ0n) is 8.34. The van der Waals surface area contributed by atoms with Gasteiger partial charge in [0.25, 0.3) is 0 Å². The van der Waals surface area contributed by atoms with Crippen LogP contribution in [0.1, 0.15) is 17.5 Å². The molecule has 0 fully saturated rings. The molecule has 0 aliphatic heterocycles. The van der Waals surface area contributed by atoms with Crippen LogP contribution in [-0.4, -0.2) is 7.25 Å². The summed E-state index contributed by atoms with van der Waals surface area (Å²) in [5.74, 6) is 0. The molecule has 0 amide bonds. The fraction of sp³-hybridized carbons (Fsp3) is 0.333. The lowest BCUT2D eigenvalue weighted by Gasteiger charge is -1.94. The second kappa shape index (κ2) is 4.97. The molecule has 1 aromatic carbocycles. The Morgan fingerprint density at radius 2 is 1.62 bits per heavy atom. The number of diazo groups is 1. The van der Waals surface area contributed by atoms with E-state index in [1.165, 1.54) is 24.0 Å². The van der Waals surface area contributed by atoms with Crippen molar-refractivity contribution in [1.82, 2.24) is 0 Å². The monoisotopic (exact) mass is 232 g/mol. The van der Waals surface area contributed by atoms with E-state index in [4.69, 9.17) is 5.39 Å². The van der Waals surface area contributed by atoms with Crippen molar-refractivity contribution in [3.63, 3.8) is 0 Å². The van der Waals surface area contributed by atoms with Gasteiger partial charge in [0.05, 0.1) is 0 Å². The molecule has 0 spiro atoms. The van der Waals surface area contributed by atoms with Crippen molar-refractivity contribution < 1.29 is 17.3 Å². The summed E-state index contributed by atoms with van der Waals surface area (Å²) >= 11 is 0.